The quantitative estimate of drug-likeness (QED) is 0.700. The molecule has 0 aromatic carbocycles. The Bertz CT molecular complexity index is 334. The lowest BCUT2D eigenvalue weighted by atomic mass is 9.98. The van der Waals surface area contributed by atoms with E-state index in [2.05, 4.69) is 10.3 Å². The van der Waals surface area contributed by atoms with E-state index in [1.165, 1.54) is 12.8 Å². The Labute approximate surface area is 89.5 Å². The lowest BCUT2D eigenvalue weighted by Crippen LogP contribution is -2.38. The smallest absolute Gasteiger partial charge is 0.125 e. The molecular formula is C11H17N3O. The van der Waals surface area contributed by atoms with Crippen molar-refractivity contribution in [2.45, 2.75) is 31.2 Å². The molecular weight excluding hydrogens is 190 g/mol. The summed E-state index contributed by atoms with van der Waals surface area (Å²) in [6.07, 6.45) is 6.07. The highest BCUT2D eigenvalue weighted by Crippen LogP contribution is 2.32. The van der Waals surface area contributed by atoms with E-state index in [4.69, 9.17) is 5.73 Å². The standard InChI is InChI=1S/C11H17N3O/c12-10-7-9(3-6-13-10)14-11(8-15)4-1-2-5-11/h3,6-7,15H,1-2,4-5,8H2,(H3,12,13,14). The maximum absolute atomic E-state index is 9.44. The first-order valence-electron chi connectivity index (χ1n) is 5.35. The topological polar surface area (TPSA) is 71.2 Å². The fraction of sp³-hybridized carbons (Fsp3) is 0.545. The van der Waals surface area contributed by atoms with Crippen LogP contribution in [0.4, 0.5) is 11.5 Å². The predicted molar refractivity (Wildman–Crippen MR) is 60.6 cm³/mol. The fourth-order valence-electron chi connectivity index (χ4n) is 2.21. The third-order valence-electron chi connectivity index (χ3n) is 3.05. The molecule has 1 aliphatic rings. The molecule has 0 spiro atoms. The van der Waals surface area contributed by atoms with Gasteiger partial charge in [0.05, 0.1) is 12.1 Å². The average molecular weight is 207 g/mol. The Hall–Kier alpha value is -1.29. The summed E-state index contributed by atoms with van der Waals surface area (Å²) in [7, 11) is 0. The van der Waals surface area contributed by atoms with E-state index in [0.29, 0.717) is 5.82 Å². The van der Waals surface area contributed by atoms with Gasteiger partial charge in [0.25, 0.3) is 0 Å². The third kappa shape index (κ3) is 2.21. The van der Waals surface area contributed by atoms with Crippen LogP contribution >= 0.6 is 0 Å². The van der Waals surface area contributed by atoms with Crippen LogP contribution in [0.2, 0.25) is 0 Å². The van der Waals surface area contributed by atoms with Gasteiger partial charge in [-0.15, -0.1) is 0 Å². The number of hydrogen-bond acceptors (Lipinski definition) is 4. The van der Waals surface area contributed by atoms with Crippen molar-refractivity contribution in [2.75, 3.05) is 17.7 Å². The van der Waals surface area contributed by atoms with Crippen LogP contribution < -0.4 is 11.1 Å². The van der Waals surface area contributed by atoms with E-state index in [-0.39, 0.29) is 12.1 Å². The number of nitrogens with two attached hydrogens (primary N) is 1. The highest BCUT2D eigenvalue weighted by Gasteiger charge is 2.32. The number of aliphatic hydroxyl groups is 1. The normalized spacial score (nSPS) is 19.0. The summed E-state index contributed by atoms with van der Waals surface area (Å²) in [6, 6.07) is 3.68. The van der Waals surface area contributed by atoms with Gasteiger partial charge in [-0.3, -0.25) is 0 Å². The molecule has 0 aliphatic heterocycles. The SMILES string of the molecule is Nc1cc(NC2(CO)CCCC2)ccn1. The van der Waals surface area contributed by atoms with Gasteiger partial charge in [0.15, 0.2) is 0 Å². The van der Waals surface area contributed by atoms with Gasteiger partial charge in [-0.05, 0) is 18.9 Å². The Kier molecular flexibility index (Phi) is 2.77. The number of anilines is 2. The first kappa shape index (κ1) is 10.2. The van der Waals surface area contributed by atoms with E-state index in [1.54, 1.807) is 12.3 Å². The van der Waals surface area contributed by atoms with Crippen molar-refractivity contribution in [3.05, 3.63) is 18.3 Å². The molecule has 0 amide bonds. The van der Waals surface area contributed by atoms with Gasteiger partial charge in [-0.2, -0.15) is 0 Å². The van der Waals surface area contributed by atoms with Crippen molar-refractivity contribution < 1.29 is 5.11 Å². The third-order valence-corrected chi connectivity index (χ3v) is 3.05. The number of pyridine rings is 1. The number of aliphatic hydroxyl groups excluding tert-OH is 1. The highest BCUT2D eigenvalue weighted by molar-refractivity contribution is 5.51. The van der Waals surface area contributed by atoms with Crippen molar-refractivity contribution in [1.82, 2.24) is 4.98 Å². The Morgan fingerprint density at radius 2 is 2.20 bits per heavy atom. The Morgan fingerprint density at radius 3 is 2.80 bits per heavy atom. The second-order valence-electron chi connectivity index (χ2n) is 4.24. The summed E-state index contributed by atoms with van der Waals surface area (Å²) in [4.78, 5) is 3.94. The van der Waals surface area contributed by atoms with Crippen molar-refractivity contribution in [1.29, 1.82) is 0 Å². The Balaban J connectivity index is 2.12. The van der Waals surface area contributed by atoms with Crippen LogP contribution in [0.15, 0.2) is 18.3 Å². The molecule has 0 saturated heterocycles. The van der Waals surface area contributed by atoms with Gasteiger partial charge < -0.3 is 16.2 Å². The maximum Gasteiger partial charge on any atom is 0.125 e. The van der Waals surface area contributed by atoms with E-state index < -0.39 is 0 Å². The molecule has 1 aromatic rings. The van der Waals surface area contributed by atoms with Crippen molar-refractivity contribution in [2.24, 2.45) is 0 Å². The van der Waals surface area contributed by atoms with E-state index in [0.717, 1.165) is 18.5 Å². The number of rotatable bonds is 3. The zero-order valence-electron chi connectivity index (χ0n) is 8.74. The van der Waals surface area contributed by atoms with E-state index in [9.17, 15) is 5.11 Å². The minimum absolute atomic E-state index is 0.145. The van der Waals surface area contributed by atoms with Crippen molar-refractivity contribution >= 4 is 11.5 Å². The van der Waals surface area contributed by atoms with Gasteiger partial charge in [0.2, 0.25) is 0 Å². The summed E-state index contributed by atoms with van der Waals surface area (Å²) in [6.45, 7) is 0.176. The molecule has 0 radical (unpaired) electrons. The molecule has 1 fully saturated rings. The first-order chi connectivity index (χ1) is 7.24. The second-order valence-corrected chi connectivity index (χ2v) is 4.24. The van der Waals surface area contributed by atoms with Crippen LogP contribution in [-0.4, -0.2) is 22.2 Å². The molecule has 2 rings (SSSR count). The molecule has 15 heavy (non-hydrogen) atoms. The monoisotopic (exact) mass is 207 g/mol. The molecule has 1 saturated carbocycles. The minimum Gasteiger partial charge on any atom is -0.394 e. The fourth-order valence-corrected chi connectivity index (χ4v) is 2.21. The summed E-state index contributed by atoms with van der Waals surface area (Å²) in [5.74, 6) is 0.506. The summed E-state index contributed by atoms with van der Waals surface area (Å²) < 4.78 is 0. The molecule has 1 heterocycles. The van der Waals surface area contributed by atoms with E-state index >= 15 is 0 Å². The zero-order chi connectivity index (χ0) is 10.7. The van der Waals surface area contributed by atoms with Crippen LogP contribution in [-0.2, 0) is 0 Å². The van der Waals surface area contributed by atoms with Gasteiger partial charge >= 0.3 is 0 Å². The molecule has 0 unspecified atom stereocenters. The average Bonchev–Trinajstić information content (AvgIpc) is 2.67. The van der Waals surface area contributed by atoms with Crippen LogP contribution in [0.25, 0.3) is 0 Å². The minimum atomic E-state index is -0.145. The lowest BCUT2D eigenvalue weighted by Gasteiger charge is -2.29. The van der Waals surface area contributed by atoms with Crippen LogP contribution in [0.5, 0.6) is 0 Å². The number of nitrogens with zero attached hydrogens (tertiary/aromatic N) is 1. The van der Waals surface area contributed by atoms with Crippen molar-refractivity contribution in [3.8, 4) is 0 Å². The van der Waals surface area contributed by atoms with Crippen LogP contribution in [0.1, 0.15) is 25.7 Å². The Morgan fingerprint density at radius 1 is 1.47 bits per heavy atom. The summed E-state index contributed by atoms with van der Waals surface area (Å²) >= 11 is 0. The molecule has 4 nitrogen and oxygen atoms in total. The summed E-state index contributed by atoms with van der Waals surface area (Å²) in [5, 5.41) is 12.8. The largest absolute Gasteiger partial charge is 0.394 e. The predicted octanol–water partition coefficient (Wildman–Crippen LogP) is 1.38. The molecule has 82 valence electrons. The number of nitrogens with one attached hydrogen (secondary N) is 1. The molecule has 0 atom stereocenters. The molecule has 4 heteroatoms. The molecule has 1 aliphatic carbocycles. The van der Waals surface area contributed by atoms with Crippen LogP contribution in [0, 0.1) is 0 Å². The number of nitrogen functional groups attached to an aromatic ring is 1. The van der Waals surface area contributed by atoms with Crippen LogP contribution in [0.3, 0.4) is 0 Å². The van der Waals surface area contributed by atoms with E-state index in [1.807, 2.05) is 6.07 Å². The van der Waals surface area contributed by atoms with Gasteiger partial charge in [-0.1, -0.05) is 12.8 Å². The van der Waals surface area contributed by atoms with Gasteiger partial charge in [0, 0.05) is 18.0 Å². The maximum atomic E-state index is 9.44. The first-order valence-corrected chi connectivity index (χ1v) is 5.35. The molecule has 0 bridgehead atoms. The number of aromatic nitrogens is 1. The summed E-state index contributed by atoms with van der Waals surface area (Å²) in [5.41, 5.74) is 6.40. The molecule has 1 aromatic heterocycles. The zero-order valence-corrected chi connectivity index (χ0v) is 8.74. The highest BCUT2D eigenvalue weighted by atomic mass is 16.3. The van der Waals surface area contributed by atoms with Gasteiger partial charge in [0.1, 0.15) is 5.82 Å². The van der Waals surface area contributed by atoms with Gasteiger partial charge in [-0.25, -0.2) is 4.98 Å². The number of hydrogen-bond donors (Lipinski definition) is 3. The molecule has 4 N–H and O–H groups in total. The lowest BCUT2D eigenvalue weighted by molar-refractivity contribution is 0.214. The second kappa shape index (κ2) is 4.06. The van der Waals surface area contributed by atoms with Crippen molar-refractivity contribution in [3.63, 3.8) is 0 Å².